The van der Waals surface area contributed by atoms with E-state index in [1.54, 1.807) is 0 Å². The van der Waals surface area contributed by atoms with E-state index in [2.05, 4.69) is 81.9 Å². The second-order valence-electron chi connectivity index (χ2n) is 9.75. The summed E-state index contributed by atoms with van der Waals surface area (Å²) in [4.78, 5) is 17.3. The number of hydrazine groups is 1. The first-order chi connectivity index (χ1) is 16.2. The van der Waals surface area contributed by atoms with Gasteiger partial charge < -0.3 is 4.90 Å². The SMILES string of the molecule is Cc1cc(C2=C3N=CC(N4CCC(N5CCCN(C)C5)CC4)=CN3NC2)c2ccccc2n1. The van der Waals surface area contributed by atoms with Gasteiger partial charge in [0, 0.05) is 61.6 Å². The van der Waals surface area contributed by atoms with Crippen LogP contribution in [-0.2, 0) is 0 Å². The fourth-order valence-electron chi connectivity index (χ4n) is 5.72. The maximum atomic E-state index is 4.93. The van der Waals surface area contributed by atoms with Crippen LogP contribution in [0.25, 0.3) is 16.5 Å². The highest BCUT2D eigenvalue weighted by Crippen LogP contribution is 2.33. The molecule has 0 radical (unpaired) electrons. The molecule has 0 amide bonds. The summed E-state index contributed by atoms with van der Waals surface area (Å²) in [6, 6.07) is 11.3. The third kappa shape index (κ3) is 3.94. The number of para-hydroxylation sites is 1. The molecule has 2 aromatic rings. The summed E-state index contributed by atoms with van der Waals surface area (Å²) < 4.78 is 0. The van der Waals surface area contributed by atoms with Crippen LogP contribution in [0.2, 0.25) is 0 Å². The first kappa shape index (κ1) is 20.8. The molecule has 4 aliphatic heterocycles. The molecular weight excluding hydrogens is 410 g/mol. The molecule has 0 saturated carbocycles. The van der Waals surface area contributed by atoms with Crippen molar-refractivity contribution in [1.29, 1.82) is 0 Å². The van der Waals surface area contributed by atoms with Crippen LogP contribution >= 0.6 is 0 Å². The van der Waals surface area contributed by atoms with Crippen molar-refractivity contribution in [3.63, 3.8) is 0 Å². The van der Waals surface area contributed by atoms with Crippen LogP contribution in [0.4, 0.5) is 0 Å². The minimum atomic E-state index is 0.709. The average molecular weight is 444 g/mol. The molecule has 0 unspecified atom stereocenters. The lowest BCUT2D eigenvalue weighted by Gasteiger charge is -2.43. The molecule has 0 aliphatic carbocycles. The maximum Gasteiger partial charge on any atom is 0.152 e. The Labute approximate surface area is 196 Å². The van der Waals surface area contributed by atoms with Crippen molar-refractivity contribution in [2.24, 2.45) is 4.99 Å². The van der Waals surface area contributed by atoms with Gasteiger partial charge in [0.05, 0.1) is 24.1 Å². The van der Waals surface area contributed by atoms with Crippen LogP contribution in [0.1, 0.15) is 30.5 Å². The highest BCUT2D eigenvalue weighted by atomic mass is 15.6. The number of aliphatic imine (C=N–C) groups is 1. The van der Waals surface area contributed by atoms with Gasteiger partial charge in [-0.25, -0.2) is 10.4 Å². The van der Waals surface area contributed by atoms with Gasteiger partial charge in [0.15, 0.2) is 5.82 Å². The predicted octanol–water partition coefficient (Wildman–Crippen LogP) is 3.02. The molecule has 7 heteroatoms. The van der Waals surface area contributed by atoms with Gasteiger partial charge in [-0.1, -0.05) is 18.2 Å². The van der Waals surface area contributed by atoms with E-state index in [4.69, 9.17) is 9.98 Å². The first-order valence-electron chi connectivity index (χ1n) is 12.2. The molecule has 6 rings (SSSR count). The van der Waals surface area contributed by atoms with E-state index in [0.717, 1.165) is 43.3 Å². The Morgan fingerprint density at radius 3 is 2.76 bits per heavy atom. The third-order valence-electron chi connectivity index (χ3n) is 7.43. The fraction of sp³-hybridized carbons (Fsp3) is 0.462. The minimum absolute atomic E-state index is 0.709. The molecule has 7 nitrogen and oxygen atoms in total. The molecule has 2 saturated heterocycles. The number of likely N-dealkylation sites (tertiary alicyclic amines) is 1. The number of aromatic nitrogens is 1. The second-order valence-corrected chi connectivity index (χ2v) is 9.75. The highest BCUT2D eigenvalue weighted by Gasteiger charge is 2.30. The van der Waals surface area contributed by atoms with Crippen molar-refractivity contribution < 1.29 is 0 Å². The Kier molecular flexibility index (Phi) is 5.40. The monoisotopic (exact) mass is 443 g/mol. The zero-order valence-corrected chi connectivity index (χ0v) is 19.7. The summed E-state index contributed by atoms with van der Waals surface area (Å²) in [5.41, 5.74) is 9.27. The lowest BCUT2D eigenvalue weighted by Crippen LogP contribution is -2.51. The molecule has 0 spiro atoms. The lowest BCUT2D eigenvalue weighted by molar-refractivity contribution is 0.0424. The average Bonchev–Trinajstić information content (AvgIpc) is 3.27. The Hall–Kier alpha value is -2.74. The topological polar surface area (TPSA) is 50.2 Å². The highest BCUT2D eigenvalue weighted by molar-refractivity contribution is 5.94. The van der Waals surface area contributed by atoms with Crippen LogP contribution in [-0.4, -0.2) is 83.4 Å². The molecule has 0 bridgehead atoms. The van der Waals surface area contributed by atoms with Gasteiger partial charge in [0.25, 0.3) is 0 Å². The van der Waals surface area contributed by atoms with Crippen molar-refractivity contribution in [3.8, 4) is 0 Å². The number of fused-ring (bicyclic) bond motifs is 2. The molecule has 1 N–H and O–H groups in total. The van der Waals surface area contributed by atoms with E-state index in [1.165, 1.54) is 54.6 Å². The van der Waals surface area contributed by atoms with E-state index in [-0.39, 0.29) is 0 Å². The van der Waals surface area contributed by atoms with E-state index in [0.29, 0.717) is 6.04 Å². The number of pyridine rings is 1. The van der Waals surface area contributed by atoms with Gasteiger partial charge in [-0.05, 0) is 50.9 Å². The molecule has 2 fully saturated rings. The van der Waals surface area contributed by atoms with Gasteiger partial charge in [-0.3, -0.25) is 19.8 Å². The Morgan fingerprint density at radius 1 is 1.06 bits per heavy atom. The van der Waals surface area contributed by atoms with Crippen LogP contribution < -0.4 is 5.43 Å². The van der Waals surface area contributed by atoms with Gasteiger partial charge in [0.1, 0.15) is 0 Å². The quantitative estimate of drug-likeness (QED) is 0.787. The molecule has 5 heterocycles. The summed E-state index contributed by atoms with van der Waals surface area (Å²) in [5, 5.41) is 3.30. The Balaban J connectivity index is 1.19. The molecule has 172 valence electrons. The predicted molar refractivity (Wildman–Crippen MR) is 133 cm³/mol. The van der Waals surface area contributed by atoms with E-state index in [9.17, 15) is 0 Å². The number of rotatable bonds is 3. The summed E-state index contributed by atoms with van der Waals surface area (Å²) >= 11 is 0. The number of nitrogens with zero attached hydrogens (tertiary/aromatic N) is 6. The second kappa shape index (κ2) is 8.56. The summed E-state index contributed by atoms with van der Waals surface area (Å²) in [7, 11) is 2.24. The van der Waals surface area contributed by atoms with Crippen LogP contribution in [0.15, 0.2) is 53.0 Å². The molecular formula is C26H33N7. The zero-order valence-electron chi connectivity index (χ0n) is 19.7. The van der Waals surface area contributed by atoms with Crippen molar-refractivity contribution >= 4 is 22.7 Å². The summed E-state index contributed by atoms with van der Waals surface area (Å²) in [5.74, 6) is 1.00. The summed E-state index contributed by atoms with van der Waals surface area (Å²) in [6.45, 7) is 8.62. The standard InChI is InChI=1S/C26H33N7/c1-19-14-23(22-6-3-4-7-25(22)29-19)24-16-28-33-17-21(15-27-26(24)33)31-12-8-20(9-13-31)32-11-5-10-30(2)18-32/h3-4,6-7,14-15,17,20,28H,5,8-13,16,18H2,1-2H3. The Bertz CT molecular complexity index is 1140. The zero-order chi connectivity index (χ0) is 22.4. The van der Waals surface area contributed by atoms with Crippen molar-refractivity contribution in [2.75, 3.05) is 46.4 Å². The normalized spacial score (nSPS) is 22.9. The van der Waals surface area contributed by atoms with Gasteiger partial charge in [0.2, 0.25) is 0 Å². The van der Waals surface area contributed by atoms with Crippen LogP contribution in [0.3, 0.4) is 0 Å². The van der Waals surface area contributed by atoms with E-state index >= 15 is 0 Å². The molecule has 4 aliphatic rings. The number of hydrogen-bond acceptors (Lipinski definition) is 7. The Morgan fingerprint density at radius 2 is 1.91 bits per heavy atom. The lowest BCUT2D eigenvalue weighted by atomic mass is 10.0. The number of piperidine rings is 1. The van der Waals surface area contributed by atoms with Gasteiger partial charge >= 0.3 is 0 Å². The fourth-order valence-corrected chi connectivity index (χ4v) is 5.72. The van der Waals surface area contributed by atoms with Crippen molar-refractivity contribution in [2.45, 2.75) is 32.2 Å². The van der Waals surface area contributed by atoms with Crippen LogP contribution in [0, 0.1) is 6.92 Å². The maximum absolute atomic E-state index is 4.93. The number of allylic oxidation sites excluding steroid dienone is 1. The van der Waals surface area contributed by atoms with Gasteiger partial charge in [-0.15, -0.1) is 0 Å². The largest absolute Gasteiger partial charge is 0.369 e. The van der Waals surface area contributed by atoms with E-state index < -0.39 is 0 Å². The number of nitrogens with one attached hydrogen (secondary N) is 1. The molecule has 1 aromatic carbocycles. The minimum Gasteiger partial charge on any atom is -0.369 e. The number of hydrogen-bond donors (Lipinski definition) is 1. The number of aryl methyl sites for hydroxylation is 1. The van der Waals surface area contributed by atoms with Crippen LogP contribution in [0.5, 0.6) is 0 Å². The van der Waals surface area contributed by atoms with Crippen molar-refractivity contribution in [3.05, 3.63) is 59.3 Å². The molecule has 1 aromatic heterocycles. The smallest absolute Gasteiger partial charge is 0.152 e. The van der Waals surface area contributed by atoms with E-state index in [1.807, 2.05) is 0 Å². The first-order valence-corrected chi connectivity index (χ1v) is 12.2. The third-order valence-corrected chi connectivity index (χ3v) is 7.43. The van der Waals surface area contributed by atoms with Crippen molar-refractivity contribution in [1.82, 2.24) is 30.1 Å². The number of benzene rings is 1. The molecule has 0 atom stereocenters. The molecule has 33 heavy (non-hydrogen) atoms. The summed E-state index contributed by atoms with van der Waals surface area (Å²) in [6.07, 6.45) is 8.02. The van der Waals surface area contributed by atoms with Gasteiger partial charge in [-0.2, -0.15) is 0 Å².